The molecule has 1 aliphatic rings. The standard InChI is InChI=1S/C10H14N2.C7H6O2/c1-12-7-3-5-10(12)9-4-2-6-11-8-9;8-7(9)6-4-2-1-3-5-6/h2,4,6,8,10H,3,5,7H2,1H3;1-5H,(H,8,9)/t10-;/m1./s1. The number of aromatic carboxylic acids is 1. The molecule has 1 N–H and O–H groups in total. The molecule has 1 fully saturated rings. The fraction of sp³-hybridized carbons (Fsp3) is 0.294. The maximum absolute atomic E-state index is 10.2. The number of carboxylic acids is 1. The Kier molecular flexibility index (Phi) is 5.46. The summed E-state index contributed by atoms with van der Waals surface area (Å²) in [6.45, 7) is 1.22. The molecule has 0 amide bonds. The van der Waals surface area contributed by atoms with Crippen molar-refractivity contribution in [2.24, 2.45) is 0 Å². The van der Waals surface area contributed by atoms with E-state index in [1.807, 2.05) is 18.5 Å². The van der Waals surface area contributed by atoms with E-state index in [4.69, 9.17) is 5.11 Å². The van der Waals surface area contributed by atoms with Gasteiger partial charge in [-0.05, 0) is 50.2 Å². The lowest BCUT2D eigenvalue weighted by atomic mass is 10.1. The van der Waals surface area contributed by atoms with Gasteiger partial charge in [0.2, 0.25) is 0 Å². The number of carboxylic acid groups (broad SMARTS) is 1. The zero-order valence-corrected chi connectivity index (χ0v) is 12.1. The van der Waals surface area contributed by atoms with Crippen LogP contribution >= 0.6 is 0 Å². The van der Waals surface area contributed by atoms with E-state index in [1.54, 1.807) is 30.3 Å². The second-order valence-corrected chi connectivity index (χ2v) is 5.10. The summed E-state index contributed by atoms with van der Waals surface area (Å²) in [5.74, 6) is -0.879. The molecule has 2 heterocycles. The van der Waals surface area contributed by atoms with Gasteiger partial charge in [-0.3, -0.25) is 9.88 Å². The van der Waals surface area contributed by atoms with Crippen molar-refractivity contribution in [3.63, 3.8) is 0 Å². The third-order valence-corrected chi connectivity index (χ3v) is 3.61. The van der Waals surface area contributed by atoms with Crippen LogP contribution in [-0.2, 0) is 0 Å². The topological polar surface area (TPSA) is 53.4 Å². The molecule has 0 bridgehead atoms. The highest BCUT2D eigenvalue weighted by atomic mass is 16.4. The third kappa shape index (κ3) is 4.39. The van der Waals surface area contributed by atoms with E-state index in [2.05, 4.69) is 23.0 Å². The van der Waals surface area contributed by atoms with Crippen LogP contribution in [0.25, 0.3) is 0 Å². The van der Waals surface area contributed by atoms with E-state index < -0.39 is 5.97 Å². The Bertz CT molecular complexity index is 558. The van der Waals surface area contributed by atoms with Gasteiger partial charge < -0.3 is 5.11 Å². The first-order valence-corrected chi connectivity index (χ1v) is 7.07. The highest BCUT2D eigenvalue weighted by molar-refractivity contribution is 5.87. The zero-order chi connectivity index (χ0) is 15.1. The van der Waals surface area contributed by atoms with Crippen LogP contribution in [0.5, 0.6) is 0 Å². The summed E-state index contributed by atoms with van der Waals surface area (Å²) in [5, 5.41) is 8.38. The largest absolute Gasteiger partial charge is 0.478 e. The van der Waals surface area contributed by atoms with Crippen LogP contribution < -0.4 is 0 Å². The van der Waals surface area contributed by atoms with Crippen LogP contribution in [-0.4, -0.2) is 34.6 Å². The van der Waals surface area contributed by atoms with E-state index in [1.165, 1.54) is 24.9 Å². The lowest BCUT2D eigenvalue weighted by Crippen LogP contribution is -2.17. The molecule has 0 unspecified atom stereocenters. The summed E-state index contributed by atoms with van der Waals surface area (Å²) in [6.07, 6.45) is 6.41. The smallest absolute Gasteiger partial charge is 0.335 e. The number of hydrogen-bond acceptors (Lipinski definition) is 3. The summed E-state index contributed by atoms with van der Waals surface area (Å²) < 4.78 is 0. The Labute approximate surface area is 125 Å². The maximum atomic E-state index is 10.2. The Morgan fingerprint density at radius 2 is 2.00 bits per heavy atom. The molecule has 0 aliphatic carbocycles. The van der Waals surface area contributed by atoms with Crippen LogP contribution in [0.1, 0.15) is 34.8 Å². The van der Waals surface area contributed by atoms with Gasteiger partial charge in [-0.1, -0.05) is 24.3 Å². The number of pyridine rings is 1. The molecule has 1 aromatic heterocycles. The van der Waals surface area contributed by atoms with Gasteiger partial charge in [0, 0.05) is 18.4 Å². The monoisotopic (exact) mass is 284 g/mol. The molecule has 0 spiro atoms. The van der Waals surface area contributed by atoms with E-state index in [-0.39, 0.29) is 0 Å². The number of aromatic nitrogens is 1. The van der Waals surface area contributed by atoms with Gasteiger partial charge in [-0.15, -0.1) is 0 Å². The van der Waals surface area contributed by atoms with E-state index in [0.717, 1.165) is 0 Å². The van der Waals surface area contributed by atoms with Gasteiger partial charge in [-0.25, -0.2) is 4.79 Å². The normalized spacial score (nSPS) is 17.9. The summed E-state index contributed by atoms with van der Waals surface area (Å²) in [5.41, 5.74) is 1.69. The van der Waals surface area contributed by atoms with Crippen molar-refractivity contribution in [3.05, 3.63) is 66.0 Å². The molecule has 2 aromatic rings. The van der Waals surface area contributed by atoms with Crippen LogP contribution in [0.4, 0.5) is 0 Å². The van der Waals surface area contributed by atoms with Crippen molar-refractivity contribution in [2.75, 3.05) is 13.6 Å². The van der Waals surface area contributed by atoms with Crippen molar-refractivity contribution < 1.29 is 9.90 Å². The van der Waals surface area contributed by atoms with Gasteiger partial charge in [0.05, 0.1) is 5.56 Å². The van der Waals surface area contributed by atoms with Gasteiger partial charge in [0.1, 0.15) is 0 Å². The Balaban J connectivity index is 0.000000161. The summed E-state index contributed by atoms with van der Waals surface area (Å²) >= 11 is 0. The molecular formula is C17H20N2O2. The predicted octanol–water partition coefficient (Wildman–Crippen LogP) is 3.23. The molecule has 1 aromatic carbocycles. The van der Waals surface area contributed by atoms with Crippen LogP contribution in [0, 0.1) is 0 Å². The van der Waals surface area contributed by atoms with Gasteiger partial charge >= 0.3 is 5.97 Å². The van der Waals surface area contributed by atoms with E-state index >= 15 is 0 Å². The summed E-state index contributed by atoms with van der Waals surface area (Å²) in [4.78, 5) is 16.7. The Hall–Kier alpha value is -2.20. The van der Waals surface area contributed by atoms with Gasteiger partial charge in [0.15, 0.2) is 0 Å². The first kappa shape index (κ1) is 15.2. The minimum Gasteiger partial charge on any atom is -0.478 e. The quantitative estimate of drug-likeness (QED) is 0.920. The van der Waals surface area contributed by atoms with Crippen molar-refractivity contribution >= 4 is 5.97 Å². The minimum atomic E-state index is -0.879. The number of carbonyl (C=O) groups is 1. The molecule has 21 heavy (non-hydrogen) atoms. The molecule has 4 nitrogen and oxygen atoms in total. The third-order valence-electron chi connectivity index (χ3n) is 3.61. The van der Waals surface area contributed by atoms with Gasteiger partial charge in [-0.2, -0.15) is 0 Å². The fourth-order valence-electron chi connectivity index (χ4n) is 2.49. The second-order valence-electron chi connectivity index (χ2n) is 5.10. The molecule has 4 heteroatoms. The molecule has 0 radical (unpaired) electrons. The predicted molar refractivity (Wildman–Crippen MR) is 82.2 cm³/mol. The van der Waals surface area contributed by atoms with Crippen molar-refractivity contribution in [2.45, 2.75) is 18.9 Å². The highest BCUT2D eigenvalue weighted by Crippen LogP contribution is 2.29. The molecule has 1 atom stereocenters. The average molecular weight is 284 g/mol. The molecule has 110 valence electrons. The van der Waals surface area contributed by atoms with Crippen LogP contribution in [0.3, 0.4) is 0 Å². The average Bonchev–Trinajstić information content (AvgIpc) is 2.96. The number of likely N-dealkylation sites (tertiary alicyclic amines) is 1. The number of benzene rings is 1. The minimum absolute atomic E-state index is 0.331. The molecule has 0 saturated carbocycles. The summed E-state index contributed by atoms with van der Waals surface area (Å²) in [6, 6.07) is 13.1. The second kappa shape index (κ2) is 7.55. The van der Waals surface area contributed by atoms with E-state index in [9.17, 15) is 4.79 Å². The molecule has 3 rings (SSSR count). The maximum Gasteiger partial charge on any atom is 0.335 e. The first-order valence-electron chi connectivity index (χ1n) is 7.07. The van der Waals surface area contributed by atoms with Crippen molar-refractivity contribution in [1.82, 2.24) is 9.88 Å². The van der Waals surface area contributed by atoms with Crippen LogP contribution in [0.2, 0.25) is 0 Å². The fourth-order valence-corrected chi connectivity index (χ4v) is 2.49. The lowest BCUT2D eigenvalue weighted by Gasteiger charge is -2.18. The SMILES string of the molecule is CN1CCC[C@@H]1c1cccnc1.O=C(O)c1ccccc1. The van der Waals surface area contributed by atoms with Crippen LogP contribution in [0.15, 0.2) is 54.9 Å². The number of hydrogen-bond donors (Lipinski definition) is 1. The molecule has 1 aliphatic heterocycles. The first-order chi connectivity index (χ1) is 10.2. The van der Waals surface area contributed by atoms with E-state index in [0.29, 0.717) is 11.6 Å². The zero-order valence-electron chi connectivity index (χ0n) is 12.1. The number of nitrogens with zero attached hydrogens (tertiary/aromatic N) is 2. The van der Waals surface area contributed by atoms with Crippen molar-refractivity contribution in [1.29, 1.82) is 0 Å². The molecular weight excluding hydrogens is 264 g/mol. The Morgan fingerprint density at radius 1 is 1.24 bits per heavy atom. The lowest BCUT2D eigenvalue weighted by molar-refractivity contribution is 0.0697. The highest BCUT2D eigenvalue weighted by Gasteiger charge is 2.21. The van der Waals surface area contributed by atoms with Gasteiger partial charge in [0.25, 0.3) is 0 Å². The Morgan fingerprint density at radius 3 is 2.48 bits per heavy atom. The summed E-state index contributed by atoms with van der Waals surface area (Å²) in [7, 11) is 2.19. The number of rotatable bonds is 2. The molecule has 1 saturated heterocycles. The van der Waals surface area contributed by atoms with Crippen molar-refractivity contribution in [3.8, 4) is 0 Å².